The molecule has 1 atom stereocenters. The summed E-state index contributed by atoms with van der Waals surface area (Å²) < 4.78 is 8.65. The van der Waals surface area contributed by atoms with Crippen LogP contribution in [0.1, 0.15) is 42.1 Å². The zero-order valence-corrected chi connectivity index (χ0v) is 25.0. The molecule has 0 unspecified atom stereocenters. The highest BCUT2D eigenvalue weighted by Gasteiger charge is 2.16. The topological polar surface area (TPSA) is 67.2 Å². The standard InChI is InChI=1S/C25H20BrI2N3O2S/c1-3-13(2)14-7-8-21-20(10-14)30-24(33-21)15-5-4-6-17(9-15)29-25(34)31-23(32)18-11-16(27)12-19(28)22(18)26/h4-13H,3H2,1-2H3,(H2,29,31,32,34)/t13-/m1/s1. The molecule has 34 heavy (non-hydrogen) atoms. The van der Waals surface area contributed by atoms with Crippen LogP contribution in [0.3, 0.4) is 0 Å². The molecule has 9 heteroatoms. The number of carbonyl (C=O) groups excluding carboxylic acids is 1. The number of nitrogens with zero attached hydrogens (tertiary/aromatic N) is 1. The van der Waals surface area contributed by atoms with Crippen molar-refractivity contribution >= 4 is 101 Å². The van der Waals surface area contributed by atoms with Gasteiger partial charge in [-0.1, -0.05) is 26.0 Å². The van der Waals surface area contributed by atoms with Crippen molar-refractivity contribution in [3.05, 3.63) is 77.3 Å². The first kappa shape index (κ1) is 25.5. The first-order valence-corrected chi connectivity index (χ1v) is 13.9. The normalized spacial score (nSPS) is 11.9. The lowest BCUT2D eigenvalue weighted by atomic mass is 9.98. The van der Waals surface area contributed by atoms with Crippen LogP contribution in [0.2, 0.25) is 0 Å². The van der Waals surface area contributed by atoms with Gasteiger partial charge in [-0.3, -0.25) is 10.1 Å². The van der Waals surface area contributed by atoms with Crippen molar-refractivity contribution in [1.29, 1.82) is 0 Å². The number of hydrogen-bond donors (Lipinski definition) is 2. The van der Waals surface area contributed by atoms with E-state index in [4.69, 9.17) is 21.6 Å². The van der Waals surface area contributed by atoms with E-state index in [2.05, 4.69) is 97.7 Å². The summed E-state index contributed by atoms with van der Waals surface area (Å²) in [7, 11) is 0. The van der Waals surface area contributed by atoms with Crippen LogP contribution in [0.4, 0.5) is 5.69 Å². The lowest BCUT2D eigenvalue weighted by molar-refractivity contribution is 0.0977. The lowest BCUT2D eigenvalue weighted by Gasteiger charge is -2.12. The predicted molar refractivity (Wildman–Crippen MR) is 161 cm³/mol. The number of oxazole rings is 1. The van der Waals surface area contributed by atoms with Gasteiger partial charge in [-0.2, -0.15) is 0 Å². The van der Waals surface area contributed by atoms with Crippen molar-refractivity contribution in [2.75, 3.05) is 5.32 Å². The minimum absolute atomic E-state index is 0.207. The summed E-state index contributed by atoms with van der Waals surface area (Å²) in [5, 5.41) is 6.03. The summed E-state index contributed by atoms with van der Waals surface area (Å²) in [4.78, 5) is 17.4. The number of nitrogens with one attached hydrogen (secondary N) is 2. The Kier molecular flexibility index (Phi) is 8.26. The SMILES string of the molecule is CC[C@@H](C)c1ccc2oc(-c3cccc(NC(=S)NC(=O)c4cc(I)cc(I)c4Br)c3)nc2c1. The van der Waals surface area contributed by atoms with Gasteiger partial charge in [0.1, 0.15) is 5.52 Å². The maximum Gasteiger partial charge on any atom is 0.258 e. The summed E-state index contributed by atoms with van der Waals surface area (Å²) in [6, 6.07) is 17.5. The Morgan fingerprint density at radius 2 is 1.97 bits per heavy atom. The third-order valence-corrected chi connectivity index (χ3v) is 8.70. The van der Waals surface area contributed by atoms with E-state index in [-0.39, 0.29) is 11.0 Å². The minimum Gasteiger partial charge on any atom is -0.436 e. The van der Waals surface area contributed by atoms with E-state index >= 15 is 0 Å². The predicted octanol–water partition coefficient (Wildman–Crippen LogP) is 8.11. The Morgan fingerprint density at radius 3 is 2.74 bits per heavy atom. The summed E-state index contributed by atoms with van der Waals surface area (Å²) in [5.41, 5.74) is 4.91. The molecule has 0 fully saturated rings. The monoisotopic (exact) mass is 759 g/mol. The van der Waals surface area contributed by atoms with Crippen molar-refractivity contribution in [1.82, 2.24) is 10.3 Å². The first-order chi connectivity index (χ1) is 16.2. The van der Waals surface area contributed by atoms with Crippen LogP contribution >= 0.6 is 73.3 Å². The van der Waals surface area contributed by atoms with Gasteiger partial charge >= 0.3 is 0 Å². The summed E-state index contributed by atoms with van der Waals surface area (Å²) in [6.07, 6.45) is 1.07. The van der Waals surface area contributed by atoms with Crippen LogP contribution in [0.5, 0.6) is 0 Å². The average Bonchev–Trinajstić information content (AvgIpc) is 3.24. The molecule has 0 aliphatic heterocycles. The summed E-state index contributed by atoms with van der Waals surface area (Å²) in [6.45, 7) is 4.38. The fourth-order valence-corrected chi connectivity index (χ4v) is 5.86. The highest BCUT2D eigenvalue weighted by Crippen LogP contribution is 2.29. The van der Waals surface area contributed by atoms with Gasteiger partial charge in [0, 0.05) is 22.9 Å². The molecular weight excluding hydrogens is 740 g/mol. The Morgan fingerprint density at radius 1 is 1.18 bits per heavy atom. The van der Waals surface area contributed by atoms with Crippen LogP contribution in [-0.2, 0) is 0 Å². The number of rotatable bonds is 5. The number of anilines is 1. The number of aromatic nitrogens is 1. The lowest BCUT2D eigenvalue weighted by Crippen LogP contribution is -2.34. The van der Waals surface area contributed by atoms with Gasteiger partial charge in [0.15, 0.2) is 10.7 Å². The van der Waals surface area contributed by atoms with E-state index in [1.807, 2.05) is 42.5 Å². The first-order valence-electron chi connectivity index (χ1n) is 10.5. The fourth-order valence-electron chi connectivity index (χ4n) is 3.39. The molecule has 5 nitrogen and oxygen atoms in total. The van der Waals surface area contributed by atoms with Crippen molar-refractivity contribution < 1.29 is 9.21 Å². The molecule has 4 aromatic rings. The largest absolute Gasteiger partial charge is 0.436 e. The molecule has 0 saturated heterocycles. The highest BCUT2D eigenvalue weighted by atomic mass is 127. The van der Waals surface area contributed by atoms with Gasteiger partial charge in [0.2, 0.25) is 5.89 Å². The molecule has 0 aliphatic rings. The van der Waals surface area contributed by atoms with Crippen LogP contribution in [-0.4, -0.2) is 16.0 Å². The van der Waals surface area contributed by atoms with E-state index < -0.39 is 0 Å². The maximum atomic E-state index is 12.8. The summed E-state index contributed by atoms with van der Waals surface area (Å²) in [5.74, 6) is 0.719. The number of fused-ring (bicyclic) bond motifs is 1. The molecule has 3 aromatic carbocycles. The molecule has 0 aliphatic carbocycles. The van der Waals surface area contributed by atoms with E-state index in [1.54, 1.807) is 0 Å². The number of carbonyl (C=O) groups is 1. The second kappa shape index (κ2) is 11.0. The molecule has 1 heterocycles. The Bertz CT molecular complexity index is 1410. The quantitative estimate of drug-likeness (QED) is 0.122. The number of thiocarbonyl (C=S) groups is 1. The van der Waals surface area contributed by atoms with E-state index in [0.717, 1.165) is 40.4 Å². The molecule has 0 bridgehead atoms. The van der Waals surface area contributed by atoms with Crippen LogP contribution in [0, 0.1) is 7.14 Å². The summed E-state index contributed by atoms with van der Waals surface area (Å²) >= 11 is 13.2. The third kappa shape index (κ3) is 5.80. The van der Waals surface area contributed by atoms with E-state index in [1.165, 1.54) is 5.56 Å². The maximum absolute atomic E-state index is 12.8. The molecule has 0 radical (unpaired) electrons. The second-order valence-electron chi connectivity index (χ2n) is 7.79. The van der Waals surface area contributed by atoms with Crippen LogP contribution in [0.25, 0.3) is 22.6 Å². The van der Waals surface area contributed by atoms with E-state index in [0.29, 0.717) is 17.4 Å². The van der Waals surface area contributed by atoms with Crippen molar-refractivity contribution in [2.24, 2.45) is 0 Å². The highest BCUT2D eigenvalue weighted by molar-refractivity contribution is 14.1. The smallest absolute Gasteiger partial charge is 0.258 e. The van der Waals surface area contributed by atoms with Gasteiger partial charge in [-0.25, -0.2) is 4.98 Å². The Balaban J connectivity index is 1.50. The van der Waals surface area contributed by atoms with Crippen LogP contribution in [0.15, 0.2) is 63.5 Å². The minimum atomic E-state index is -0.284. The van der Waals surface area contributed by atoms with Gasteiger partial charge in [-0.05, 0) is 134 Å². The zero-order valence-electron chi connectivity index (χ0n) is 18.3. The molecular formula is C25H20BrI2N3O2S. The van der Waals surface area contributed by atoms with Crippen molar-refractivity contribution in [3.8, 4) is 11.5 Å². The molecule has 2 N–H and O–H groups in total. The van der Waals surface area contributed by atoms with Gasteiger partial charge in [0.05, 0.1) is 5.56 Å². The Labute approximate surface area is 238 Å². The van der Waals surface area contributed by atoms with Gasteiger partial charge in [0.25, 0.3) is 5.91 Å². The molecule has 0 saturated carbocycles. The Hall–Kier alpha value is -1.57. The fraction of sp³-hybridized carbons (Fsp3) is 0.160. The number of halogens is 3. The second-order valence-corrected chi connectivity index (χ2v) is 11.4. The number of amides is 1. The average molecular weight is 760 g/mol. The van der Waals surface area contributed by atoms with Gasteiger partial charge in [-0.15, -0.1) is 0 Å². The zero-order chi connectivity index (χ0) is 24.4. The number of hydrogen-bond acceptors (Lipinski definition) is 4. The molecule has 1 amide bonds. The van der Waals surface area contributed by atoms with E-state index in [9.17, 15) is 4.79 Å². The third-order valence-electron chi connectivity index (χ3n) is 5.43. The van der Waals surface area contributed by atoms with Crippen LogP contribution < -0.4 is 10.6 Å². The van der Waals surface area contributed by atoms with Crippen molar-refractivity contribution in [2.45, 2.75) is 26.2 Å². The molecule has 0 spiro atoms. The number of benzene rings is 3. The molecule has 1 aromatic heterocycles. The van der Waals surface area contributed by atoms with Gasteiger partial charge < -0.3 is 9.73 Å². The van der Waals surface area contributed by atoms with Crippen molar-refractivity contribution in [3.63, 3.8) is 0 Å². The molecule has 4 rings (SSSR count). The molecule has 174 valence electrons.